The topological polar surface area (TPSA) is 254 Å². The molecule has 4 aliphatic rings. The first-order valence-corrected chi connectivity index (χ1v) is 23.8. The molecule has 0 bridgehead atoms. The average molecular weight is 975 g/mol. The third kappa shape index (κ3) is 8.61. The number of nitrogen functional groups attached to an aromatic ring is 2. The van der Waals surface area contributed by atoms with Gasteiger partial charge in [-0.2, -0.15) is 10.2 Å². The van der Waals surface area contributed by atoms with E-state index in [1.807, 2.05) is 50.2 Å². The van der Waals surface area contributed by atoms with Gasteiger partial charge in [0.05, 0.1) is 34.2 Å². The van der Waals surface area contributed by atoms with E-state index in [2.05, 4.69) is 61.4 Å². The fourth-order valence-electron chi connectivity index (χ4n) is 9.65. The Morgan fingerprint density at radius 2 is 1.03 bits per heavy atom. The zero-order valence-corrected chi connectivity index (χ0v) is 40.1. The van der Waals surface area contributed by atoms with Crippen molar-refractivity contribution in [3.05, 3.63) is 95.1 Å². The Kier molecular flexibility index (Phi) is 11.7. The standard InChI is InChI=1S/2C25H26FN9O/c2*1-13-16(10-30-24-18(26)3-5-28-23(13)24)19-7-14-8-20(29-11-17(14)25(27)31-19)32-21-9-15-4-6-34(2)22(36)12-35(15)33-21/h2*7-11,18,28H,3-6,12H2,1-2H3,(H2,27,31)(H,29,32,33)/t2*18-/m10/s1. The highest BCUT2D eigenvalue weighted by Gasteiger charge is 2.27. The van der Waals surface area contributed by atoms with Crippen LogP contribution in [0, 0.1) is 13.8 Å². The summed E-state index contributed by atoms with van der Waals surface area (Å²) in [7, 11) is 3.61. The number of rotatable bonds is 6. The first kappa shape index (κ1) is 45.9. The Labute approximate surface area is 411 Å². The molecule has 8 N–H and O–H groups in total. The van der Waals surface area contributed by atoms with E-state index in [1.165, 1.54) is 0 Å². The monoisotopic (exact) mass is 974 g/mol. The largest absolute Gasteiger partial charge is 0.383 e. The van der Waals surface area contributed by atoms with E-state index in [1.54, 1.807) is 58.0 Å². The molecular weight excluding hydrogens is 923 g/mol. The predicted molar refractivity (Wildman–Crippen MR) is 271 cm³/mol. The highest BCUT2D eigenvalue weighted by atomic mass is 19.1. The lowest BCUT2D eigenvalue weighted by Gasteiger charge is -2.23. The number of carbonyl (C=O) groups is 2. The molecule has 12 heterocycles. The molecule has 0 unspecified atom stereocenters. The van der Waals surface area contributed by atoms with Crippen LogP contribution in [0.4, 0.5) is 55.1 Å². The molecule has 0 fully saturated rings. The van der Waals surface area contributed by atoms with Crippen molar-refractivity contribution in [3.8, 4) is 22.5 Å². The van der Waals surface area contributed by atoms with Crippen molar-refractivity contribution < 1.29 is 18.4 Å². The van der Waals surface area contributed by atoms with E-state index in [0.29, 0.717) is 96.7 Å². The van der Waals surface area contributed by atoms with Crippen LogP contribution in [0.1, 0.15) is 59.1 Å². The molecule has 368 valence electrons. The molecule has 0 aliphatic carbocycles. The molecule has 2 amide bonds. The highest BCUT2D eigenvalue weighted by Crippen LogP contribution is 2.40. The van der Waals surface area contributed by atoms with Gasteiger partial charge in [-0.25, -0.2) is 28.7 Å². The predicted octanol–water partition coefficient (Wildman–Crippen LogP) is 6.73. The van der Waals surface area contributed by atoms with Gasteiger partial charge in [-0.15, -0.1) is 0 Å². The number of nitrogens with zero attached hydrogens (tertiary/aromatic N) is 12. The van der Waals surface area contributed by atoms with Crippen LogP contribution < -0.4 is 32.7 Å². The summed E-state index contributed by atoms with van der Waals surface area (Å²) in [5.74, 6) is 3.21. The summed E-state index contributed by atoms with van der Waals surface area (Å²) < 4.78 is 32.1. The fraction of sp³-hybridized carbons (Fsp3) is 0.320. The van der Waals surface area contributed by atoms with Crippen LogP contribution in [-0.2, 0) is 35.5 Å². The SMILES string of the molecule is Cc1c(-c2cc3cc(Nc4cc5n(n4)CC(=O)N(C)CC5)ncc3c(N)n2)cnc2c1NCC[C@@H]2F.Cc1c(-c2cc3cc(Nc4cc5n(n4)CC(=O)N(C)CC5)ncc3c(N)n2)cnc2c1NCC[C@H]2F. The molecule has 72 heavy (non-hydrogen) atoms. The Hall–Kier alpha value is -8.56. The van der Waals surface area contributed by atoms with Crippen molar-refractivity contribution in [2.45, 2.75) is 65.0 Å². The number of anilines is 8. The maximum Gasteiger partial charge on any atom is 0.244 e. The zero-order chi connectivity index (χ0) is 49.9. The molecule has 0 radical (unpaired) electrons. The molecule has 2 atom stereocenters. The minimum atomic E-state index is -1.07. The van der Waals surface area contributed by atoms with Gasteiger partial charge >= 0.3 is 0 Å². The number of amides is 2. The lowest BCUT2D eigenvalue weighted by Crippen LogP contribution is -2.29. The second kappa shape index (κ2) is 18.3. The summed E-state index contributed by atoms with van der Waals surface area (Å²) in [5.41, 5.74) is 21.6. The van der Waals surface area contributed by atoms with Crippen LogP contribution in [0.2, 0.25) is 0 Å². The molecule has 8 aromatic rings. The number of halogens is 2. The number of aromatic nitrogens is 10. The number of hydrogen-bond donors (Lipinski definition) is 6. The molecule has 0 saturated heterocycles. The summed E-state index contributed by atoms with van der Waals surface area (Å²) in [6.07, 6.45) is 6.84. The third-order valence-electron chi connectivity index (χ3n) is 13.8. The Balaban J connectivity index is 0.000000156. The number of carbonyl (C=O) groups excluding carboxylic acids is 2. The fourth-order valence-corrected chi connectivity index (χ4v) is 9.65. The molecule has 22 heteroatoms. The average Bonchev–Trinajstić information content (AvgIpc) is 3.86. The molecule has 20 nitrogen and oxygen atoms in total. The Morgan fingerprint density at radius 3 is 1.46 bits per heavy atom. The van der Waals surface area contributed by atoms with Gasteiger partial charge in [0, 0.05) is 136 Å². The van der Waals surface area contributed by atoms with Crippen LogP contribution in [0.5, 0.6) is 0 Å². The van der Waals surface area contributed by atoms with Gasteiger partial charge in [0.1, 0.15) is 48.7 Å². The molecule has 0 spiro atoms. The van der Waals surface area contributed by atoms with E-state index in [0.717, 1.165) is 79.4 Å². The summed E-state index contributed by atoms with van der Waals surface area (Å²) >= 11 is 0. The molecular formula is C50H52F2N18O2. The van der Waals surface area contributed by atoms with Gasteiger partial charge < -0.3 is 42.5 Å². The molecule has 8 aromatic heterocycles. The Morgan fingerprint density at radius 1 is 0.597 bits per heavy atom. The molecule has 4 aliphatic heterocycles. The van der Waals surface area contributed by atoms with E-state index in [4.69, 9.17) is 11.5 Å². The Bertz CT molecular complexity index is 3260. The number of hydrogen-bond acceptors (Lipinski definition) is 16. The number of alkyl halides is 2. The van der Waals surface area contributed by atoms with Gasteiger partial charge in [-0.3, -0.25) is 28.9 Å². The summed E-state index contributed by atoms with van der Waals surface area (Å²) in [6, 6.07) is 11.5. The van der Waals surface area contributed by atoms with Gasteiger partial charge in [0.25, 0.3) is 0 Å². The zero-order valence-electron chi connectivity index (χ0n) is 40.1. The molecule has 12 rings (SSSR count). The number of nitrogens with two attached hydrogens (primary N) is 2. The van der Waals surface area contributed by atoms with Gasteiger partial charge in [-0.05, 0) is 60.0 Å². The maximum absolute atomic E-state index is 14.3. The summed E-state index contributed by atoms with van der Waals surface area (Å²) in [6.45, 7) is 6.76. The molecule has 0 aromatic carbocycles. The maximum atomic E-state index is 14.3. The number of fused-ring (bicyclic) bond motifs is 6. The van der Waals surface area contributed by atoms with Crippen LogP contribution in [-0.4, -0.2) is 111 Å². The number of nitrogens with one attached hydrogen (secondary N) is 4. The minimum absolute atomic E-state index is 0.0342. The van der Waals surface area contributed by atoms with Gasteiger partial charge in [0.2, 0.25) is 11.8 Å². The normalized spacial score (nSPS) is 17.4. The summed E-state index contributed by atoms with van der Waals surface area (Å²) in [4.78, 5) is 54.7. The first-order valence-electron chi connectivity index (χ1n) is 23.8. The second-order valence-electron chi connectivity index (χ2n) is 18.6. The van der Waals surface area contributed by atoms with Crippen molar-refractivity contribution in [2.75, 3.05) is 73.0 Å². The van der Waals surface area contributed by atoms with Gasteiger partial charge in [0.15, 0.2) is 11.6 Å². The van der Waals surface area contributed by atoms with Crippen LogP contribution in [0.15, 0.2) is 61.2 Å². The third-order valence-corrected chi connectivity index (χ3v) is 13.8. The lowest BCUT2D eigenvalue weighted by atomic mass is 9.98. The van der Waals surface area contributed by atoms with E-state index in [-0.39, 0.29) is 24.9 Å². The minimum Gasteiger partial charge on any atom is -0.383 e. The van der Waals surface area contributed by atoms with Crippen LogP contribution in [0.25, 0.3) is 44.1 Å². The van der Waals surface area contributed by atoms with E-state index in [9.17, 15) is 18.4 Å². The van der Waals surface area contributed by atoms with Crippen LogP contribution in [0.3, 0.4) is 0 Å². The van der Waals surface area contributed by atoms with Gasteiger partial charge in [-0.1, -0.05) is 0 Å². The summed E-state index contributed by atoms with van der Waals surface area (Å²) in [5, 5.41) is 25.3. The lowest BCUT2D eigenvalue weighted by molar-refractivity contribution is -0.131. The van der Waals surface area contributed by atoms with E-state index >= 15 is 0 Å². The second-order valence-corrected chi connectivity index (χ2v) is 18.6. The number of likely N-dealkylation sites (N-methyl/N-ethyl adjacent to an activating group) is 2. The number of pyridine rings is 6. The highest BCUT2D eigenvalue weighted by molar-refractivity contribution is 5.96. The first-order chi connectivity index (χ1) is 34.7. The van der Waals surface area contributed by atoms with Crippen molar-refractivity contribution in [2.24, 2.45) is 0 Å². The van der Waals surface area contributed by atoms with E-state index < -0.39 is 12.3 Å². The van der Waals surface area contributed by atoms with Crippen molar-refractivity contribution in [1.29, 1.82) is 0 Å². The van der Waals surface area contributed by atoms with Crippen molar-refractivity contribution in [3.63, 3.8) is 0 Å². The molecule has 0 saturated carbocycles. The van der Waals surface area contributed by atoms with Crippen molar-refractivity contribution >= 4 is 79.6 Å². The van der Waals surface area contributed by atoms with Crippen molar-refractivity contribution in [1.82, 2.24) is 59.3 Å². The van der Waals surface area contributed by atoms with Crippen LogP contribution >= 0.6 is 0 Å². The smallest absolute Gasteiger partial charge is 0.244 e. The quantitative estimate of drug-likeness (QED) is 0.101.